The number of halogens is 1. The molecule has 3 aromatic rings. The molecule has 4 nitrogen and oxygen atoms in total. The van der Waals surface area contributed by atoms with Gasteiger partial charge in [-0.05, 0) is 55.3 Å². The number of carbonyl (C=O) groups excluding carboxylic acids is 2. The Balaban J connectivity index is 1.36. The number of piperidine rings is 1. The topological polar surface area (TPSA) is 57.6 Å². The molecule has 1 saturated heterocycles. The number of benzene rings is 3. The Morgan fingerprint density at radius 3 is 2.23 bits per heavy atom. The number of rotatable bonds is 5. The van der Waals surface area contributed by atoms with Crippen molar-refractivity contribution < 1.29 is 19.1 Å². The van der Waals surface area contributed by atoms with Gasteiger partial charge < -0.3 is 10.0 Å². The van der Waals surface area contributed by atoms with Crippen molar-refractivity contribution in [3.63, 3.8) is 0 Å². The summed E-state index contributed by atoms with van der Waals surface area (Å²) in [4.78, 5) is 29.3. The molecule has 4 rings (SSSR count). The summed E-state index contributed by atoms with van der Waals surface area (Å²) in [5.41, 5.74) is 0.525. The zero-order valence-electron chi connectivity index (χ0n) is 16.8. The van der Waals surface area contributed by atoms with E-state index in [9.17, 15) is 19.1 Å². The lowest BCUT2D eigenvalue weighted by molar-refractivity contribution is 0.0646. The molecule has 1 amide bonds. The Hall–Kier alpha value is -3.12. The second-order valence-electron chi connectivity index (χ2n) is 7.53. The summed E-state index contributed by atoms with van der Waals surface area (Å²) >= 11 is 1.64. The van der Waals surface area contributed by atoms with Crippen LogP contribution in [-0.4, -0.2) is 34.8 Å². The van der Waals surface area contributed by atoms with E-state index in [0.29, 0.717) is 31.5 Å². The Kier molecular flexibility index (Phi) is 6.37. The lowest BCUT2D eigenvalue weighted by Crippen LogP contribution is -2.40. The molecule has 1 heterocycles. The van der Waals surface area contributed by atoms with Gasteiger partial charge in [-0.25, -0.2) is 4.39 Å². The third-order valence-corrected chi connectivity index (χ3v) is 6.47. The highest BCUT2D eigenvalue weighted by Gasteiger charge is 2.29. The first-order valence-electron chi connectivity index (χ1n) is 10.2. The van der Waals surface area contributed by atoms with E-state index < -0.39 is 11.7 Å². The average molecular weight is 436 g/mol. The summed E-state index contributed by atoms with van der Waals surface area (Å²) in [7, 11) is 0. The normalized spacial score (nSPS) is 14.4. The first-order chi connectivity index (χ1) is 15.0. The number of likely N-dealkylation sites (tertiary alicyclic amines) is 1. The van der Waals surface area contributed by atoms with Crippen molar-refractivity contribution >= 4 is 23.5 Å². The van der Waals surface area contributed by atoms with Crippen molar-refractivity contribution in [2.24, 2.45) is 5.92 Å². The van der Waals surface area contributed by atoms with Gasteiger partial charge in [0.2, 0.25) is 0 Å². The number of hydrogen-bond acceptors (Lipinski definition) is 4. The van der Waals surface area contributed by atoms with Crippen LogP contribution in [0.25, 0.3) is 0 Å². The van der Waals surface area contributed by atoms with Crippen molar-refractivity contribution in [1.82, 2.24) is 4.90 Å². The number of phenols is 1. The molecule has 158 valence electrons. The highest BCUT2D eigenvalue weighted by molar-refractivity contribution is 7.99. The molecule has 31 heavy (non-hydrogen) atoms. The minimum atomic E-state index is -0.658. The second-order valence-corrected chi connectivity index (χ2v) is 8.68. The predicted octanol–water partition coefficient (Wildman–Crippen LogP) is 5.42. The van der Waals surface area contributed by atoms with Crippen LogP contribution < -0.4 is 0 Å². The number of hydrogen-bond donors (Lipinski definition) is 1. The summed E-state index contributed by atoms with van der Waals surface area (Å²) in [6, 6.07) is 21.1. The lowest BCUT2D eigenvalue weighted by Gasteiger charge is -2.31. The van der Waals surface area contributed by atoms with Gasteiger partial charge in [0.05, 0.1) is 5.56 Å². The monoisotopic (exact) mass is 435 g/mol. The van der Waals surface area contributed by atoms with E-state index in [0.717, 1.165) is 21.9 Å². The van der Waals surface area contributed by atoms with Gasteiger partial charge in [0.1, 0.15) is 11.6 Å². The van der Waals surface area contributed by atoms with Gasteiger partial charge in [0.15, 0.2) is 5.78 Å². The fourth-order valence-corrected chi connectivity index (χ4v) is 4.58. The summed E-state index contributed by atoms with van der Waals surface area (Å²) in [5, 5.41) is 9.54. The molecule has 6 heteroatoms. The highest BCUT2D eigenvalue weighted by Crippen LogP contribution is 2.29. The SMILES string of the molecule is O=C(c1ccc(Sc2ccccc2)cc1)C1CCN(C(=O)c2cc(O)ccc2F)CC1. The molecule has 1 fully saturated rings. The summed E-state index contributed by atoms with van der Waals surface area (Å²) in [6.07, 6.45) is 1.07. The molecule has 1 N–H and O–H groups in total. The van der Waals surface area contributed by atoms with Crippen LogP contribution in [0, 0.1) is 11.7 Å². The minimum Gasteiger partial charge on any atom is -0.508 e. The van der Waals surface area contributed by atoms with Crippen LogP contribution in [0.1, 0.15) is 33.6 Å². The van der Waals surface area contributed by atoms with Crippen LogP contribution >= 0.6 is 11.8 Å². The fourth-order valence-electron chi connectivity index (χ4n) is 3.74. The fraction of sp³-hybridized carbons (Fsp3) is 0.200. The molecular formula is C25H22FNO3S. The van der Waals surface area contributed by atoms with E-state index in [1.807, 2.05) is 54.6 Å². The van der Waals surface area contributed by atoms with Crippen LogP contribution in [0.2, 0.25) is 0 Å². The van der Waals surface area contributed by atoms with E-state index in [2.05, 4.69) is 0 Å². The van der Waals surface area contributed by atoms with Crippen LogP contribution in [-0.2, 0) is 0 Å². The Bertz CT molecular complexity index is 1080. The Morgan fingerprint density at radius 2 is 1.55 bits per heavy atom. The van der Waals surface area contributed by atoms with Crippen LogP contribution in [0.15, 0.2) is 82.6 Å². The third-order valence-electron chi connectivity index (χ3n) is 5.45. The highest BCUT2D eigenvalue weighted by atomic mass is 32.2. The molecule has 0 unspecified atom stereocenters. The van der Waals surface area contributed by atoms with Crippen molar-refractivity contribution in [2.75, 3.05) is 13.1 Å². The van der Waals surface area contributed by atoms with Gasteiger partial charge in [0.25, 0.3) is 5.91 Å². The summed E-state index contributed by atoms with van der Waals surface area (Å²) < 4.78 is 14.0. The van der Waals surface area contributed by atoms with Gasteiger partial charge in [0, 0.05) is 34.4 Å². The van der Waals surface area contributed by atoms with Crippen molar-refractivity contribution in [1.29, 1.82) is 0 Å². The standard InChI is InChI=1S/C25H22FNO3S/c26-23-11-8-19(28)16-22(23)25(30)27-14-12-18(13-15-27)24(29)17-6-9-21(10-7-17)31-20-4-2-1-3-5-20/h1-11,16,18,28H,12-15H2. The smallest absolute Gasteiger partial charge is 0.256 e. The maximum Gasteiger partial charge on any atom is 0.256 e. The molecule has 0 radical (unpaired) electrons. The van der Waals surface area contributed by atoms with E-state index in [1.165, 1.54) is 6.07 Å². The average Bonchev–Trinajstić information content (AvgIpc) is 2.81. The summed E-state index contributed by atoms with van der Waals surface area (Å²) in [6.45, 7) is 0.762. The molecule has 1 aliphatic rings. The third kappa shape index (κ3) is 4.97. The van der Waals surface area contributed by atoms with Crippen molar-refractivity contribution in [3.05, 3.63) is 89.7 Å². The zero-order valence-corrected chi connectivity index (χ0v) is 17.6. The van der Waals surface area contributed by atoms with Gasteiger partial charge in [-0.3, -0.25) is 9.59 Å². The number of nitrogens with zero attached hydrogens (tertiary/aromatic N) is 1. The van der Waals surface area contributed by atoms with Gasteiger partial charge >= 0.3 is 0 Å². The van der Waals surface area contributed by atoms with E-state index in [1.54, 1.807) is 16.7 Å². The van der Waals surface area contributed by atoms with Crippen LogP contribution in [0.3, 0.4) is 0 Å². The molecule has 0 atom stereocenters. The number of carbonyl (C=O) groups is 2. The minimum absolute atomic E-state index is 0.0758. The van der Waals surface area contributed by atoms with E-state index in [-0.39, 0.29) is 23.0 Å². The number of ketones is 1. The van der Waals surface area contributed by atoms with Crippen LogP contribution in [0.4, 0.5) is 4.39 Å². The first-order valence-corrected chi connectivity index (χ1v) is 11.0. The number of aromatic hydroxyl groups is 1. The van der Waals surface area contributed by atoms with Crippen LogP contribution in [0.5, 0.6) is 5.75 Å². The molecule has 0 aliphatic carbocycles. The molecule has 1 aliphatic heterocycles. The number of Topliss-reactive ketones (excluding diaryl/α,β-unsaturated/α-hetero) is 1. The Morgan fingerprint density at radius 1 is 0.903 bits per heavy atom. The van der Waals surface area contributed by atoms with Crippen molar-refractivity contribution in [3.8, 4) is 5.75 Å². The predicted molar refractivity (Wildman–Crippen MR) is 118 cm³/mol. The van der Waals surface area contributed by atoms with E-state index in [4.69, 9.17) is 0 Å². The quantitative estimate of drug-likeness (QED) is 0.544. The van der Waals surface area contributed by atoms with E-state index >= 15 is 0 Å². The molecule has 0 spiro atoms. The first kappa shape index (κ1) is 21.1. The number of phenolic OH excluding ortho intramolecular Hbond substituents is 1. The number of amides is 1. The molecule has 3 aromatic carbocycles. The van der Waals surface area contributed by atoms with Gasteiger partial charge in [-0.15, -0.1) is 0 Å². The molecule has 0 saturated carbocycles. The maximum atomic E-state index is 14.0. The second kappa shape index (κ2) is 9.35. The molecule has 0 bridgehead atoms. The largest absolute Gasteiger partial charge is 0.508 e. The molecular weight excluding hydrogens is 413 g/mol. The summed E-state index contributed by atoms with van der Waals surface area (Å²) in [5.74, 6) is -1.35. The van der Waals surface area contributed by atoms with Gasteiger partial charge in [-0.2, -0.15) is 0 Å². The maximum absolute atomic E-state index is 14.0. The Labute approximate surface area is 184 Å². The van der Waals surface area contributed by atoms with Gasteiger partial charge in [-0.1, -0.05) is 42.1 Å². The van der Waals surface area contributed by atoms with Crippen molar-refractivity contribution in [2.45, 2.75) is 22.6 Å². The lowest BCUT2D eigenvalue weighted by atomic mass is 9.88. The zero-order chi connectivity index (χ0) is 21.8. The molecule has 0 aromatic heterocycles.